The van der Waals surface area contributed by atoms with Gasteiger partial charge in [-0.1, -0.05) is 11.6 Å². The highest BCUT2D eigenvalue weighted by Crippen LogP contribution is 2.20. The first kappa shape index (κ1) is 12.3. The molecule has 0 bridgehead atoms. The minimum Gasteiger partial charge on any atom is -0.463 e. The van der Waals surface area contributed by atoms with Crippen LogP contribution in [0.5, 0.6) is 0 Å². The summed E-state index contributed by atoms with van der Waals surface area (Å²) in [7, 11) is 0. The lowest BCUT2D eigenvalue weighted by Crippen LogP contribution is -1.99. The third-order valence-corrected chi connectivity index (χ3v) is 2.25. The molecular weight excluding hydrogens is 202 g/mol. The molecule has 0 unspecified atom stereocenters. The molecule has 0 fully saturated rings. The maximum atomic E-state index is 11.1. The van der Waals surface area contributed by atoms with Crippen molar-refractivity contribution in [1.29, 1.82) is 0 Å². The molecule has 0 aliphatic heterocycles. The van der Waals surface area contributed by atoms with E-state index in [2.05, 4.69) is 0 Å². The average molecular weight is 219 g/mol. The molecule has 2 N–H and O–H groups in total. The van der Waals surface area contributed by atoms with Crippen LogP contribution in [0.25, 0.3) is 6.08 Å². The molecule has 1 aromatic rings. The third-order valence-electron chi connectivity index (χ3n) is 2.25. The first-order valence-electron chi connectivity index (χ1n) is 5.26. The Labute approximate surface area is 95.9 Å². The molecule has 0 aliphatic carbocycles. The number of rotatable bonds is 3. The van der Waals surface area contributed by atoms with Crippen molar-refractivity contribution in [3.05, 3.63) is 34.9 Å². The Kier molecular flexibility index (Phi) is 4.11. The smallest absolute Gasteiger partial charge is 0.330 e. The van der Waals surface area contributed by atoms with Crippen molar-refractivity contribution in [2.45, 2.75) is 20.8 Å². The van der Waals surface area contributed by atoms with Crippen LogP contribution in [0.15, 0.2) is 18.2 Å². The van der Waals surface area contributed by atoms with E-state index in [9.17, 15) is 4.79 Å². The van der Waals surface area contributed by atoms with Crippen molar-refractivity contribution < 1.29 is 9.53 Å². The van der Waals surface area contributed by atoms with E-state index in [1.807, 2.05) is 26.0 Å². The van der Waals surface area contributed by atoms with Crippen molar-refractivity contribution >= 4 is 17.7 Å². The lowest BCUT2D eigenvalue weighted by molar-refractivity contribution is -0.137. The normalized spacial score (nSPS) is 10.7. The Morgan fingerprint density at radius 3 is 2.75 bits per heavy atom. The molecular formula is C13H17NO2. The van der Waals surface area contributed by atoms with E-state index in [1.54, 1.807) is 13.0 Å². The first-order valence-corrected chi connectivity index (χ1v) is 5.26. The van der Waals surface area contributed by atoms with Crippen molar-refractivity contribution in [1.82, 2.24) is 0 Å². The second-order valence-electron chi connectivity index (χ2n) is 3.67. The van der Waals surface area contributed by atoms with E-state index in [0.717, 1.165) is 16.7 Å². The highest BCUT2D eigenvalue weighted by molar-refractivity contribution is 5.88. The summed E-state index contributed by atoms with van der Waals surface area (Å²) in [6.07, 6.45) is 3.08. The molecule has 0 heterocycles. The topological polar surface area (TPSA) is 52.3 Å². The summed E-state index contributed by atoms with van der Waals surface area (Å²) in [5.74, 6) is -0.346. The fourth-order valence-corrected chi connectivity index (χ4v) is 1.50. The minimum atomic E-state index is -0.346. The first-order chi connectivity index (χ1) is 7.54. The number of nitrogen functional groups attached to an aromatic ring is 1. The van der Waals surface area contributed by atoms with Gasteiger partial charge in [-0.2, -0.15) is 0 Å². The molecule has 3 heteroatoms. The van der Waals surface area contributed by atoms with Gasteiger partial charge in [-0.25, -0.2) is 4.79 Å². The van der Waals surface area contributed by atoms with Gasteiger partial charge in [0.05, 0.1) is 6.61 Å². The molecule has 0 spiro atoms. The summed E-state index contributed by atoms with van der Waals surface area (Å²) >= 11 is 0. The van der Waals surface area contributed by atoms with Crippen molar-refractivity contribution in [3.63, 3.8) is 0 Å². The molecule has 0 aliphatic rings. The molecule has 1 rings (SSSR count). The summed E-state index contributed by atoms with van der Waals surface area (Å²) in [4.78, 5) is 11.1. The van der Waals surface area contributed by atoms with Gasteiger partial charge in [-0.3, -0.25) is 0 Å². The maximum absolute atomic E-state index is 11.1. The fraction of sp³-hybridized carbons (Fsp3) is 0.308. The van der Waals surface area contributed by atoms with Crippen molar-refractivity contribution in [3.8, 4) is 0 Å². The number of esters is 1. The zero-order chi connectivity index (χ0) is 12.1. The van der Waals surface area contributed by atoms with Crippen LogP contribution in [-0.2, 0) is 9.53 Å². The molecule has 0 radical (unpaired) electrons. The number of hydrogen-bond acceptors (Lipinski definition) is 3. The largest absolute Gasteiger partial charge is 0.463 e. The van der Waals surface area contributed by atoms with E-state index in [1.165, 1.54) is 6.08 Å². The second kappa shape index (κ2) is 5.35. The van der Waals surface area contributed by atoms with E-state index < -0.39 is 0 Å². The highest BCUT2D eigenvalue weighted by atomic mass is 16.5. The van der Waals surface area contributed by atoms with Gasteiger partial charge in [0.2, 0.25) is 0 Å². The molecule has 1 aromatic carbocycles. The Hall–Kier alpha value is -1.77. The molecule has 0 saturated heterocycles. The number of aryl methyl sites for hydroxylation is 2. The predicted octanol–water partition coefficient (Wildman–Crippen LogP) is 2.46. The van der Waals surface area contributed by atoms with Gasteiger partial charge < -0.3 is 10.5 Å². The van der Waals surface area contributed by atoms with Crippen molar-refractivity contribution in [2.24, 2.45) is 0 Å². The number of carbonyl (C=O) groups is 1. The van der Waals surface area contributed by atoms with E-state index in [-0.39, 0.29) is 5.97 Å². The van der Waals surface area contributed by atoms with Crippen LogP contribution >= 0.6 is 0 Å². The number of benzene rings is 1. The number of nitrogens with two attached hydrogens (primary N) is 1. The number of carbonyl (C=O) groups excluding carboxylic acids is 1. The van der Waals surface area contributed by atoms with E-state index in [4.69, 9.17) is 10.5 Å². The van der Waals surface area contributed by atoms with Crippen LogP contribution < -0.4 is 5.73 Å². The zero-order valence-electron chi connectivity index (χ0n) is 9.91. The lowest BCUT2D eigenvalue weighted by Gasteiger charge is -2.06. The van der Waals surface area contributed by atoms with Gasteiger partial charge in [0.15, 0.2) is 0 Å². The predicted molar refractivity (Wildman–Crippen MR) is 66.0 cm³/mol. The third kappa shape index (κ3) is 3.12. The Morgan fingerprint density at radius 1 is 1.44 bits per heavy atom. The SMILES string of the molecule is CCOC(=O)C=Cc1cc(C)cc(C)c1N. The van der Waals surface area contributed by atoms with Crippen LogP contribution in [-0.4, -0.2) is 12.6 Å². The summed E-state index contributed by atoms with van der Waals surface area (Å²) < 4.78 is 4.80. The Balaban J connectivity index is 2.93. The summed E-state index contributed by atoms with van der Waals surface area (Å²) in [6.45, 7) is 6.10. The Bertz CT molecular complexity index is 422. The van der Waals surface area contributed by atoms with Gasteiger partial charge in [-0.15, -0.1) is 0 Å². The monoisotopic (exact) mass is 219 g/mol. The summed E-state index contributed by atoms with van der Waals surface area (Å²) in [6, 6.07) is 3.95. The molecule has 16 heavy (non-hydrogen) atoms. The summed E-state index contributed by atoms with van der Waals surface area (Å²) in [5.41, 5.74) is 9.60. The maximum Gasteiger partial charge on any atom is 0.330 e. The molecule has 3 nitrogen and oxygen atoms in total. The quantitative estimate of drug-likeness (QED) is 0.482. The van der Waals surface area contributed by atoms with E-state index >= 15 is 0 Å². The number of hydrogen-bond donors (Lipinski definition) is 1. The summed E-state index contributed by atoms with van der Waals surface area (Å²) in [5, 5.41) is 0. The van der Waals surface area contributed by atoms with Crippen LogP contribution in [0.2, 0.25) is 0 Å². The van der Waals surface area contributed by atoms with Gasteiger partial charge in [0, 0.05) is 11.8 Å². The molecule has 0 saturated carbocycles. The lowest BCUT2D eigenvalue weighted by atomic mass is 10.0. The van der Waals surface area contributed by atoms with Gasteiger partial charge in [0.1, 0.15) is 0 Å². The van der Waals surface area contributed by atoms with Crippen molar-refractivity contribution in [2.75, 3.05) is 12.3 Å². The zero-order valence-corrected chi connectivity index (χ0v) is 9.91. The second-order valence-corrected chi connectivity index (χ2v) is 3.67. The van der Waals surface area contributed by atoms with Crippen LogP contribution in [0.4, 0.5) is 5.69 Å². The molecule has 0 atom stereocenters. The Morgan fingerprint density at radius 2 is 2.12 bits per heavy atom. The minimum absolute atomic E-state index is 0.346. The van der Waals surface area contributed by atoms with Gasteiger partial charge in [-0.05, 0) is 44.0 Å². The standard InChI is InChI=1S/C13H17NO2/c1-4-16-12(15)6-5-11-8-9(2)7-10(3)13(11)14/h5-8H,4,14H2,1-3H3. The molecule has 0 aromatic heterocycles. The van der Waals surface area contributed by atoms with Crippen LogP contribution in [0.3, 0.4) is 0 Å². The molecule has 0 amide bonds. The number of anilines is 1. The van der Waals surface area contributed by atoms with Crippen LogP contribution in [0, 0.1) is 13.8 Å². The van der Waals surface area contributed by atoms with Gasteiger partial charge >= 0.3 is 5.97 Å². The van der Waals surface area contributed by atoms with Crippen LogP contribution in [0.1, 0.15) is 23.6 Å². The fourth-order valence-electron chi connectivity index (χ4n) is 1.50. The van der Waals surface area contributed by atoms with E-state index in [0.29, 0.717) is 12.3 Å². The molecule has 86 valence electrons. The number of ether oxygens (including phenoxy) is 1. The highest BCUT2D eigenvalue weighted by Gasteiger charge is 2.01. The average Bonchev–Trinajstić information content (AvgIpc) is 2.21. The van der Waals surface area contributed by atoms with Gasteiger partial charge in [0.25, 0.3) is 0 Å².